The molecule has 1 atom stereocenters. The molecule has 3 aromatic heterocycles. The zero-order chi connectivity index (χ0) is 18.5. The van der Waals surface area contributed by atoms with Gasteiger partial charge < -0.3 is 5.73 Å². The minimum Gasteiger partial charge on any atom is -0.323 e. The first-order valence-electron chi connectivity index (χ1n) is 8.89. The van der Waals surface area contributed by atoms with Crippen molar-refractivity contribution in [3.8, 4) is 11.1 Å². The number of pyridine rings is 3. The molecule has 2 N–H and O–H groups in total. The molecule has 1 unspecified atom stereocenters. The van der Waals surface area contributed by atoms with Crippen LogP contribution in [0.15, 0.2) is 97.8 Å². The molecule has 4 heteroatoms. The van der Waals surface area contributed by atoms with Crippen molar-refractivity contribution in [1.29, 1.82) is 0 Å². The van der Waals surface area contributed by atoms with Gasteiger partial charge in [-0.3, -0.25) is 15.0 Å². The zero-order valence-electron chi connectivity index (χ0n) is 14.8. The third-order valence-electron chi connectivity index (χ3n) is 4.74. The number of nitrogens with two attached hydrogens (primary N) is 1. The van der Waals surface area contributed by atoms with Crippen LogP contribution in [-0.2, 0) is 0 Å². The molecule has 0 saturated heterocycles. The Kier molecular flexibility index (Phi) is 4.99. The molecule has 0 bridgehead atoms. The molecular formula is C23H20N4. The summed E-state index contributed by atoms with van der Waals surface area (Å²) >= 11 is 0. The maximum Gasteiger partial charge on any atom is 0.0413 e. The van der Waals surface area contributed by atoms with Gasteiger partial charge in [-0.05, 0) is 40.5 Å². The van der Waals surface area contributed by atoms with Gasteiger partial charge >= 0.3 is 0 Å². The third-order valence-corrected chi connectivity index (χ3v) is 4.74. The lowest BCUT2D eigenvalue weighted by Gasteiger charge is -2.26. The fourth-order valence-electron chi connectivity index (χ4n) is 3.48. The average molecular weight is 352 g/mol. The summed E-state index contributed by atoms with van der Waals surface area (Å²) in [5, 5.41) is 0. The van der Waals surface area contributed by atoms with Crippen molar-refractivity contribution in [2.75, 3.05) is 0 Å². The summed E-state index contributed by atoms with van der Waals surface area (Å²) in [7, 11) is 0. The highest BCUT2D eigenvalue weighted by molar-refractivity contribution is 5.67. The molecule has 0 radical (unpaired) electrons. The number of rotatable bonds is 5. The van der Waals surface area contributed by atoms with Crippen molar-refractivity contribution in [3.63, 3.8) is 0 Å². The van der Waals surface area contributed by atoms with E-state index in [1.165, 1.54) is 0 Å². The van der Waals surface area contributed by atoms with E-state index in [0.717, 1.165) is 27.8 Å². The standard InChI is InChI=1S/C23H20N4/c24-23(21-10-2-1-9-20(21)17-6-3-11-25-14-17)22(18-7-4-12-26-15-18)19-8-5-13-27-16-19/h1-16,22-23H,24H2. The maximum absolute atomic E-state index is 6.87. The Bertz CT molecular complexity index is 949. The van der Waals surface area contributed by atoms with Gasteiger partial charge in [0.25, 0.3) is 0 Å². The summed E-state index contributed by atoms with van der Waals surface area (Å²) in [6.45, 7) is 0. The number of hydrogen-bond donors (Lipinski definition) is 1. The number of aromatic nitrogens is 3. The van der Waals surface area contributed by atoms with Gasteiger partial charge in [0.05, 0.1) is 0 Å². The molecule has 0 aliphatic heterocycles. The summed E-state index contributed by atoms with van der Waals surface area (Å²) in [4.78, 5) is 12.9. The van der Waals surface area contributed by atoms with E-state index in [2.05, 4.69) is 45.3 Å². The lowest BCUT2D eigenvalue weighted by atomic mass is 9.81. The maximum atomic E-state index is 6.87. The van der Waals surface area contributed by atoms with Gasteiger partial charge in [0, 0.05) is 54.7 Å². The van der Waals surface area contributed by atoms with Crippen LogP contribution >= 0.6 is 0 Å². The van der Waals surface area contributed by atoms with Crippen molar-refractivity contribution in [3.05, 3.63) is 115 Å². The molecule has 27 heavy (non-hydrogen) atoms. The van der Waals surface area contributed by atoms with Crippen LogP contribution in [0.4, 0.5) is 0 Å². The van der Waals surface area contributed by atoms with E-state index in [1.807, 2.05) is 48.9 Å². The Labute approximate surface area is 158 Å². The average Bonchev–Trinajstić information content (AvgIpc) is 2.76. The van der Waals surface area contributed by atoms with Gasteiger partial charge in [-0.15, -0.1) is 0 Å². The third kappa shape index (κ3) is 3.61. The summed E-state index contributed by atoms with van der Waals surface area (Å²) in [5.41, 5.74) is 12.2. The number of hydrogen-bond acceptors (Lipinski definition) is 4. The lowest BCUT2D eigenvalue weighted by molar-refractivity contribution is 0.627. The molecule has 3 heterocycles. The highest BCUT2D eigenvalue weighted by atomic mass is 14.7. The fourth-order valence-corrected chi connectivity index (χ4v) is 3.48. The van der Waals surface area contributed by atoms with E-state index in [4.69, 9.17) is 5.73 Å². The second kappa shape index (κ2) is 7.89. The predicted octanol–water partition coefficient (Wildman–Crippen LogP) is 4.37. The van der Waals surface area contributed by atoms with Crippen LogP contribution in [0, 0.1) is 0 Å². The number of nitrogens with zero attached hydrogens (tertiary/aromatic N) is 3. The monoisotopic (exact) mass is 352 g/mol. The van der Waals surface area contributed by atoms with Gasteiger partial charge in [-0.25, -0.2) is 0 Å². The van der Waals surface area contributed by atoms with Crippen molar-refractivity contribution < 1.29 is 0 Å². The minimum atomic E-state index is -0.255. The van der Waals surface area contributed by atoms with Crippen molar-refractivity contribution in [1.82, 2.24) is 15.0 Å². The first-order chi connectivity index (χ1) is 13.3. The molecule has 0 aliphatic rings. The first-order valence-corrected chi connectivity index (χ1v) is 8.89. The second-order valence-corrected chi connectivity index (χ2v) is 6.41. The molecule has 1 aromatic carbocycles. The fraction of sp³-hybridized carbons (Fsp3) is 0.0870. The molecule has 0 spiro atoms. The quantitative estimate of drug-likeness (QED) is 0.579. The van der Waals surface area contributed by atoms with Crippen molar-refractivity contribution >= 4 is 0 Å². The molecule has 0 amide bonds. The van der Waals surface area contributed by atoms with Crippen LogP contribution in [0.2, 0.25) is 0 Å². The van der Waals surface area contributed by atoms with E-state index >= 15 is 0 Å². The van der Waals surface area contributed by atoms with Crippen LogP contribution in [0.1, 0.15) is 28.7 Å². The zero-order valence-corrected chi connectivity index (χ0v) is 14.8. The van der Waals surface area contributed by atoms with Gasteiger partial charge in [0.2, 0.25) is 0 Å². The molecule has 0 aliphatic carbocycles. The molecule has 0 saturated carbocycles. The Balaban J connectivity index is 1.83. The summed E-state index contributed by atoms with van der Waals surface area (Å²) < 4.78 is 0. The Morgan fingerprint density at radius 2 is 1.22 bits per heavy atom. The van der Waals surface area contributed by atoms with Gasteiger partial charge in [0.1, 0.15) is 0 Å². The van der Waals surface area contributed by atoms with Gasteiger partial charge in [0.15, 0.2) is 0 Å². The second-order valence-electron chi connectivity index (χ2n) is 6.41. The van der Waals surface area contributed by atoms with Crippen LogP contribution in [-0.4, -0.2) is 15.0 Å². The molecule has 4 aromatic rings. The van der Waals surface area contributed by atoms with E-state index in [-0.39, 0.29) is 12.0 Å². The SMILES string of the molecule is NC(c1ccccc1-c1cccnc1)C(c1cccnc1)c1cccnc1. The lowest BCUT2D eigenvalue weighted by Crippen LogP contribution is -2.22. The summed E-state index contributed by atoms with van der Waals surface area (Å²) in [5.74, 6) is -0.0507. The molecule has 0 fully saturated rings. The highest BCUT2D eigenvalue weighted by Gasteiger charge is 2.25. The van der Waals surface area contributed by atoms with E-state index < -0.39 is 0 Å². The smallest absolute Gasteiger partial charge is 0.0413 e. The Morgan fingerprint density at radius 3 is 1.78 bits per heavy atom. The molecule has 4 rings (SSSR count). The normalized spacial score (nSPS) is 12.1. The first kappa shape index (κ1) is 17.1. The molecule has 4 nitrogen and oxygen atoms in total. The molecule has 132 valence electrons. The van der Waals surface area contributed by atoms with Gasteiger partial charge in [-0.2, -0.15) is 0 Å². The summed E-state index contributed by atoms with van der Waals surface area (Å²) in [6.07, 6.45) is 11.0. The van der Waals surface area contributed by atoms with E-state index in [1.54, 1.807) is 18.6 Å². The van der Waals surface area contributed by atoms with Crippen LogP contribution in [0.3, 0.4) is 0 Å². The minimum absolute atomic E-state index is 0.0507. The predicted molar refractivity (Wildman–Crippen MR) is 107 cm³/mol. The van der Waals surface area contributed by atoms with Crippen molar-refractivity contribution in [2.45, 2.75) is 12.0 Å². The topological polar surface area (TPSA) is 64.7 Å². The van der Waals surface area contributed by atoms with E-state index in [0.29, 0.717) is 0 Å². The largest absolute Gasteiger partial charge is 0.323 e. The van der Waals surface area contributed by atoms with Crippen LogP contribution in [0.25, 0.3) is 11.1 Å². The van der Waals surface area contributed by atoms with Gasteiger partial charge in [-0.1, -0.05) is 42.5 Å². The van der Waals surface area contributed by atoms with Crippen LogP contribution < -0.4 is 5.73 Å². The Morgan fingerprint density at radius 1 is 0.630 bits per heavy atom. The van der Waals surface area contributed by atoms with Crippen LogP contribution in [0.5, 0.6) is 0 Å². The summed E-state index contributed by atoms with van der Waals surface area (Å²) in [6, 6.07) is 20.0. The number of benzene rings is 1. The molecular weight excluding hydrogens is 332 g/mol. The van der Waals surface area contributed by atoms with Crippen molar-refractivity contribution in [2.24, 2.45) is 5.73 Å². The highest BCUT2D eigenvalue weighted by Crippen LogP contribution is 2.38. The van der Waals surface area contributed by atoms with E-state index in [9.17, 15) is 0 Å². The Hall–Kier alpha value is -3.37.